The molecule has 6 heterocycles. The summed E-state index contributed by atoms with van der Waals surface area (Å²) in [5, 5.41) is 40.2. The molecule has 7 rings (SSSR count). The highest BCUT2D eigenvalue weighted by molar-refractivity contribution is 5.85. The van der Waals surface area contributed by atoms with Crippen LogP contribution in [0.25, 0.3) is 11.0 Å². The fourth-order valence-corrected chi connectivity index (χ4v) is 12.1. The number of carbonyl (C=O) groups is 3. The molecule has 0 spiro atoms. The lowest BCUT2D eigenvalue weighted by atomic mass is 9.73. The maximum absolute atomic E-state index is 15.2. The molecule has 2 N–H and O–H groups in total. The molecule has 4 aliphatic rings. The Balaban J connectivity index is 1.19. The number of carbonyl (C=O) groups excluding carboxylic acids is 3. The molecular weight excluding hydrogens is 945 g/mol. The summed E-state index contributed by atoms with van der Waals surface area (Å²) in [5.41, 5.74) is -1.37. The number of ether oxygens (including phenoxy) is 8. The van der Waals surface area contributed by atoms with Crippen LogP contribution in [0.2, 0.25) is 0 Å². The van der Waals surface area contributed by atoms with Crippen molar-refractivity contribution in [1.82, 2.24) is 39.8 Å². The summed E-state index contributed by atoms with van der Waals surface area (Å²) in [4.78, 5) is 48.0. The van der Waals surface area contributed by atoms with Crippen LogP contribution in [0.1, 0.15) is 113 Å². The van der Waals surface area contributed by atoms with Gasteiger partial charge >= 0.3 is 12.1 Å². The number of para-hydroxylation sites is 1. The van der Waals surface area contributed by atoms with Crippen LogP contribution in [0.5, 0.6) is 0 Å². The number of esters is 1. The van der Waals surface area contributed by atoms with Gasteiger partial charge in [0.15, 0.2) is 18.2 Å². The summed E-state index contributed by atoms with van der Waals surface area (Å²) in [6.45, 7) is 19.3. The molecule has 408 valence electrons. The number of likely N-dealkylation sites (N-methyl/N-ethyl adjacent to an activating group) is 1. The SMILES string of the molecule is CC[C@H]1OC(=O)[C@H](C)C(OC2C[C@@](C)(OC)[C@@H](O)C(C)O2)[C@H](C)[C@@H](OC2OC(C)CC(N(C)C)C2O)[C@@](C)(OC)C[C@@H](C)C(=O)[C@H](C)[C@H]2N(CCCCn3cc(Cn4nnc5ccccc54)nn3)C(=O)O[C@]12C. The third-order valence-electron chi connectivity index (χ3n) is 16.5. The predicted molar refractivity (Wildman–Crippen MR) is 266 cm³/mol. The van der Waals surface area contributed by atoms with E-state index in [9.17, 15) is 19.8 Å². The number of unbranched alkanes of at least 4 members (excludes halogenated alkanes) is 1. The van der Waals surface area contributed by atoms with Gasteiger partial charge in [0.1, 0.15) is 35.3 Å². The zero-order chi connectivity index (χ0) is 53.3. The predicted octanol–water partition coefficient (Wildman–Crippen LogP) is 4.77. The number of ketones is 1. The lowest BCUT2D eigenvalue weighted by molar-refractivity contribution is -0.319. The van der Waals surface area contributed by atoms with Crippen molar-refractivity contribution in [2.24, 2.45) is 23.7 Å². The second kappa shape index (κ2) is 23.0. The first-order valence-corrected chi connectivity index (χ1v) is 26.1. The molecule has 4 fully saturated rings. The monoisotopic (exact) mass is 1030 g/mol. The minimum atomic E-state index is -1.45. The maximum Gasteiger partial charge on any atom is 0.410 e. The highest BCUT2D eigenvalue weighted by atomic mass is 16.7. The summed E-state index contributed by atoms with van der Waals surface area (Å²) in [6, 6.07) is 6.57. The Kier molecular flexibility index (Phi) is 17.8. The van der Waals surface area contributed by atoms with Gasteiger partial charge in [-0.25, -0.2) is 9.48 Å². The number of nitrogens with zero attached hydrogens (tertiary/aromatic N) is 8. The molecule has 3 aromatic rings. The first-order chi connectivity index (χ1) is 34.5. The number of hydrogen-bond acceptors (Lipinski definition) is 18. The highest BCUT2D eigenvalue weighted by Crippen LogP contribution is 2.45. The molecule has 2 aromatic heterocycles. The van der Waals surface area contributed by atoms with Gasteiger partial charge in [-0.05, 0) is 99.9 Å². The number of rotatable bonds is 15. The molecule has 73 heavy (non-hydrogen) atoms. The number of methoxy groups -OCH3 is 2. The molecule has 0 bridgehead atoms. The summed E-state index contributed by atoms with van der Waals surface area (Å²) in [7, 11) is 6.86. The lowest BCUT2D eigenvalue weighted by Gasteiger charge is -2.50. The summed E-state index contributed by atoms with van der Waals surface area (Å²) >= 11 is 0. The molecule has 0 aliphatic carbocycles. The molecule has 21 nitrogen and oxygen atoms in total. The fraction of sp³-hybridized carbons (Fsp3) is 0.788. The van der Waals surface area contributed by atoms with Crippen LogP contribution in [-0.4, -0.2) is 187 Å². The van der Waals surface area contributed by atoms with Crippen LogP contribution in [0.15, 0.2) is 30.5 Å². The van der Waals surface area contributed by atoms with Crippen molar-refractivity contribution in [3.63, 3.8) is 0 Å². The van der Waals surface area contributed by atoms with Crippen molar-refractivity contribution in [2.75, 3.05) is 34.9 Å². The number of aliphatic hydroxyl groups excluding tert-OH is 2. The molecule has 18 atom stereocenters. The molecule has 1 amide bonds. The lowest BCUT2D eigenvalue weighted by Crippen LogP contribution is -2.61. The first-order valence-electron chi connectivity index (χ1n) is 26.1. The van der Waals surface area contributed by atoms with E-state index >= 15 is 4.79 Å². The van der Waals surface area contributed by atoms with E-state index in [0.29, 0.717) is 32.4 Å². The molecule has 4 aliphatic heterocycles. The van der Waals surface area contributed by atoms with E-state index in [2.05, 4.69) is 20.6 Å². The fourth-order valence-electron chi connectivity index (χ4n) is 12.1. The van der Waals surface area contributed by atoms with Crippen molar-refractivity contribution < 1.29 is 62.5 Å². The third kappa shape index (κ3) is 11.6. The van der Waals surface area contributed by atoms with E-state index in [1.165, 1.54) is 7.11 Å². The van der Waals surface area contributed by atoms with Gasteiger partial charge in [-0.2, -0.15) is 0 Å². The van der Waals surface area contributed by atoms with Crippen LogP contribution in [0, 0.1) is 23.7 Å². The topological polar surface area (TPSA) is 233 Å². The number of Topliss-reactive ketones (excluding diaryl/α,β-unsaturated/α-hetero) is 1. The Labute approximate surface area is 429 Å². The maximum atomic E-state index is 15.2. The highest BCUT2D eigenvalue weighted by Gasteiger charge is 2.61. The Morgan fingerprint density at radius 2 is 1.56 bits per heavy atom. The zero-order valence-electron chi connectivity index (χ0n) is 45.4. The number of benzene rings is 1. The molecule has 7 unspecified atom stereocenters. The summed E-state index contributed by atoms with van der Waals surface area (Å²) in [5.74, 6) is -4.00. The summed E-state index contributed by atoms with van der Waals surface area (Å²) < 4.78 is 55.3. The van der Waals surface area contributed by atoms with E-state index in [-0.39, 0.29) is 43.7 Å². The largest absolute Gasteiger partial charge is 0.458 e. The number of hydrogen-bond donors (Lipinski definition) is 2. The number of cyclic esters (lactones) is 1. The first kappa shape index (κ1) is 56.5. The van der Waals surface area contributed by atoms with Gasteiger partial charge in [0, 0.05) is 57.5 Å². The van der Waals surface area contributed by atoms with Crippen molar-refractivity contribution >= 4 is 28.9 Å². The molecule has 1 aromatic carbocycles. The van der Waals surface area contributed by atoms with Crippen LogP contribution < -0.4 is 0 Å². The van der Waals surface area contributed by atoms with E-state index < -0.39 is 108 Å². The van der Waals surface area contributed by atoms with E-state index in [0.717, 1.165) is 16.7 Å². The van der Waals surface area contributed by atoms with E-state index in [1.807, 2.05) is 91.0 Å². The van der Waals surface area contributed by atoms with Gasteiger partial charge in [0.2, 0.25) is 0 Å². The molecule has 0 saturated carbocycles. The molecule has 0 radical (unpaired) electrons. The minimum Gasteiger partial charge on any atom is -0.458 e. The van der Waals surface area contributed by atoms with Crippen LogP contribution in [0.3, 0.4) is 0 Å². The average Bonchev–Trinajstić information content (AvgIpc) is 4.06. The normalized spacial score (nSPS) is 39.1. The van der Waals surface area contributed by atoms with Crippen LogP contribution in [0.4, 0.5) is 4.79 Å². The zero-order valence-corrected chi connectivity index (χ0v) is 45.4. The van der Waals surface area contributed by atoms with Gasteiger partial charge in [-0.1, -0.05) is 50.3 Å². The molecule has 4 saturated heterocycles. The molecular formula is C52H82N8O13. The van der Waals surface area contributed by atoms with Crippen LogP contribution in [-0.2, 0) is 60.6 Å². The Hall–Kier alpha value is -4.19. The average molecular weight is 1030 g/mol. The number of fused-ring (bicyclic) bond motifs is 2. The van der Waals surface area contributed by atoms with Gasteiger partial charge < -0.3 is 57.9 Å². The number of aromatic nitrogens is 6. The standard InChI is InChI=1S/C52H82N8O13/c1-15-39-52(10)44(59(49(65)73-52)23-19-18-22-58-27-35(53-55-58)28-60-37-21-17-16-20-36(37)54-56-60)31(4)41(61)29(2)25-51(9,67-14)46(72-48-42(62)38(57(11)12)24-30(3)68-48)32(5)43(33(6)47(64)70-39)71-40-26-50(8,66-13)45(63)34(7)69-40/h16-17,20-21,27,29-34,38-40,42-46,48,62-63H,15,18-19,22-26,28H2,1-14H3/t29-,30?,31+,32+,33-,34?,38?,39-,40?,42?,43?,44-,45+,46-,48?,50-,51+,52-/m1/s1. The van der Waals surface area contributed by atoms with E-state index in [1.54, 1.807) is 49.1 Å². The van der Waals surface area contributed by atoms with Gasteiger partial charge in [0.25, 0.3) is 0 Å². The van der Waals surface area contributed by atoms with Crippen molar-refractivity contribution in [3.05, 3.63) is 36.2 Å². The quantitative estimate of drug-likeness (QED) is 0.154. The van der Waals surface area contributed by atoms with Crippen molar-refractivity contribution in [1.29, 1.82) is 0 Å². The number of aryl methyl sites for hydroxylation is 1. The number of aliphatic hydroxyl groups is 2. The second-order valence-electron chi connectivity index (χ2n) is 22.1. The van der Waals surface area contributed by atoms with Crippen molar-refractivity contribution in [3.8, 4) is 0 Å². The Morgan fingerprint density at radius 3 is 2.25 bits per heavy atom. The van der Waals surface area contributed by atoms with Gasteiger partial charge in [-0.15, -0.1) is 10.2 Å². The minimum absolute atomic E-state index is 0.119. The second-order valence-corrected chi connectivity index (χ2v) is 22.1. The van der Waals surface area contributed by atoms with Crippen molar-refractivity contribution in [2.45, 2.75) is 205 Å². The van der Waals surface area contributed by atoms with E-state index in [4.69, 9.17) is 37.9 Å². The Bertz CT molecular complexity index is 2350. The molecule has 21 heteroatoms. The van der Waals surface area contributed by atoms with Crippen LogP contribution >= 0.6 is 0 Å². The smallest absolute Gasteiger partial charge is 0.410 e. The summed E-state index contributed by atoms with van der Waals surface area (Å²) in [6.07, 6.45) is -4.62. The third-order valence-corrected chi connectivity index (χ3v) is 16.5. The Morgan fingerprint density at radius 1 is 0.863 bits per heavy atom. The van der Waals surface area contributed by atoms with Gasteiger partial charge in [-0.3, -0.25) is 14.3 Å². The number of amides is 1. The van der Waals surface area contributed by atoms with Gasteiger partial charge in [0.05, 0.1) is 65.8 Å².